The van der Waals surface area contributed by atoms with Gasteiger partial charge in [0.2, 0.25) is 0 Å². The molecule has 0 spiro atoms. The Hall–Kier alpha value is -1.43. The van der Waals surface area contributed by atoms with Crippen LogP contribution in [-0.2, 0) is 9.53 Å². The van der Waals surface area contributed by atoms with Crippen LogP contribution in [0.4, 0.5) is 0 Å². The van der Waals surface area contributed by atoms with Crippen LogP contribution in [0.25, 0.3) is 0 Å². The fourth-order valence-corrected chi connectivity index (χ4v) is 2.06. The van der Waals surface area contributed by atoms with Gasteiger partial charge in [0.25, 0.3) is 0 Å². The van der Waals surface area contributed by atoms with E-state index in [0.717, 1.165) is 11.1 Å². The lowest BCUT2D eigenvalue weighted by Crippen LogP contribution is -2.39. The minimum absolute atomic E-state index is 0.219. The van der Waals surface area contributed by atoms with E-state index in [0.29, 0.717) is 13.0 Å². The molecule has 0 radical (unpaired) electrons. The summed E-state index contributed by atoms with van der Waals surface area (Å²) in [4.78, 5) is 11.3. The van der Waals surface area contributed by atoms with Crippen LogP contribution < -0.4 is 5.32 Å². The zero-order chi connectivity index (χ0) is 15.8. The summed E-state index contributed by atoms with van der Waals surface area (Å²) in [5, 5.41) is 23.0. The van der Waals surface area contributed by atoms with Crippen LogP contribution in [0.2, 0.25) is 0 Å². The second-order valence-electron chi connectivity index (χ2n) is 5.33. The molecule has 0 aliphatic rings. The predicted molar refractivity (Wildman–Crippen MR) is 80.9 cm³/mol. The number of carbonyl (C=O) groups is 1. The van der Waals surface area contributed by atoms with Crippen molar-refractivity contribution < 1.29 is 19.7 Å². The third-order valence-corrected chi connectivity index (χ3v) is 3.36. The quantitative estimate of drug-likeness (QED) is 0.630. The fourth-order valence-electron chi connectivity index (χ4n) is 2.06. The molecule has 118 valence electrons. The number of rotatable bonds is 8. The van der Waals surface area contributed by atoms with Gasteiger partial charge in [0.1, 0.15) is 0 Å². The highest BCUT2D eigenvalue weighted by Gasteiger charge is 2.22. The number of aryl methyl sites for hydroxylation is 1. The molecular formula is C16H25NO4. The summed E-state index contributed by atoms with van der Waals surface area (Å²) in [7, 11) is 1.34. The number of nitrogens with one attached hydrogen (secondary N) is 1. The van der Waals surface area contributed by atoms with E-state index in [1.54, 1.807) is 6.92 Å². The third kappa shape index (κ3) is 6.25. The van der Waals surface area contributed by atoms with Crippen molar-refractivity contribution in [3.05, 3.63) is 35.4 Å². The molecule has 3 unspecified atom stereocenters. The van der Waals surface area contributed by atoms with E-state index in [2.05, 4.69) is 10.1 Å². The predicted octanol–water partition coefficient (Wildman–Crippen LogP) is 1.32. The molecule has 0 aliphatic heterocycles. The molecule has 0 amide bonds. The molecule has 0 aromatic heterocycles. The summed E-state index contributed by atoms with van der Waals surface area (Å²) < 4.78 is 4.63. The molecule has 0 bridgehead atoms. The van der Waals surface area contributed by atoms with Crippen LogP contribution in [-0.4, -0.2) is 42.0 Å². The Morgan fingerprint density at radius 2 is 1.90 bits per heavy atom. The molecule has 0 aliphatic carbocycles. The maximum atomic E-state index is 11.3. The molecule has 0 saturated carbocycles. The Balaban J connectivity index is 2.72. The van der Waals surface area contributed by atoms with Gasteiger partial charge in [-0.05, 0) is 25.8 Å². The van der Waals surface area contributed by atoms with E-state index in [1.807, 2.05) is 31.2 Å². The van der Waals surface area contributed by atoms with Crippen LogP contribution in [0.3, 0.4) is 0 Å². The smallest absolute Gasteiger partial charge is 0.305 e. The van der Waals surface area contributed by atoms with Gasteiger partial charge >= 0.3 is 5.97 Å². The second kappa shape index (κ2) is 8.77. The maximum Gasteiger partial charge on any atom is 0.305 e. The molecule has 5 heteroatoms. The number of hydrogen-bond acceptors (Lipinski definition) is 5. The van der Waals surface area contributed by atoms with Gasteiger partial charge in [-0.25, -0.2) is 0 Å². The summed E-state index contributed by atoms with van der Waals surface area (Å²) in [5.74, 6) is -0.310. The van der Waals surface area contributed by atoms with Crippen LogP contribution in [0, 0.1) is 6.92 Å². The summed E-state index contributed by atoms with van der Waals surface area (Å²) in [6.45, 7) is 4.01. The minimum atomic E-state index is -0.742. The number of esters is 1. The molecule has 0 saturated heterocycles. The lowest BCUT2D eigenvalue weighted by atomic mass is 9.97. The molecule has 1 aromatic carbocycles. The summed E-state index contributed by atoms with van der Waals surface area (Å²) in [6.07, 6.45) is -0.601. The first-order chi connectivity index (χ1) is 9.93. The zero-order valence-corrected chi connectivity index (χ0v) is 12.9. The highest BCUT2D eigenvalue weighted by molar-refractivity contribution is 5.69. The largest absolute Gasteiger partial charge is 0.469 e. The van der Waals surface area contributed by atoms with Crippen molar-refractivity contribution in [3.63, 3.8) is 0 Å². The SMILES string of the molecule is COC(=O)CCC(NCC(C)O)C(O)c1ccc(C)cc1. The van der Waals surface area contributed by atoms with Gasteiger partial charge in [0.15, 0.2) is 0 Å². The first-order valence-corrected chi connectivity index (χ1v) is 7.17. The first-order valence-electron chi connectivity index (χ1n) is 7.17. The van der Waals surface area contributed by atoms with E-state index in [9.17, 15) is 15.0 Å². The van der Waals surface area contributed by atoms with E-state index in [4.69, 9.17) is 0 Å². The molecular weight excluding hydrogens is 270 g/mol. The third-order valence-electron chi connectivity index (χ3n) is 3.36. The van der Waals surface area contributed by atoms with E-state index in [1.165, 1.54) is 7.11 Å². The molecule has 3 atom stereocenters. The van der Waals surface area contributed by atoms with Gasteiger partial charge in [-0.15, -0.1) is 0 Å². The number of aliphatic hydroxyl groups excluding tert-OH is 2. The maximum absolute atomic E-state index is 11.3. The Morgan fingerprint density at radius 3 is 2.43 bits per heavy atom. The number of carbonyl (C=O) groups excluding carboxylic acids is 1. The minimum Gasteiger partial charge on any atom is -0.469 e. The lowest BCUT2D eigenvalue weighted by Gasteiger charge is -2.25. The Bertz CT molecular complexity index is 430. The van der Waals surface area contributed by atoms with Crippen molar-refractivity contribution in [2.24, 2.45) is 0 Å². The molecule has 1 aromatic rings. The van der Waals surface area contributed by atoms with Gasteiger partial charge < -0.3 is 20.3 Å². The fraction of sp³-hybridized carbons (Fsp3) is 0.562. The highest BCUT2D eigenvalue weighted by Crippen LogP contribution is 2.20. The average Bonchev–Trinajstić information content (AvgIpc) is 2.46. The first kappa shape index (κ1) is 17.6. The van der Waals surface area contributed by atoms with E-state index in [-0.39, 0.29) is 18.4 Å². The van der Waals surface area contributed by atoms with Gasteiger partial charge in [0, 0.05) is 19.0 Å². The molecule has 1 rings (SSSR count). The van der Waals surface area contributed by atoms with Crippen molar-refractivity contribution in [3.8, 4) is 0 Å². The number of methoxy groups -OCH3 is 1. The summed E-state index contributed by atoms with van der Waals surface area (Å²) >= 11 is 0. The second-order valence-corrected chi connectivity index (χ2v) is 5.33. The van der Waals surface area contributed by atoms with Crippen molar-refractivity contribution in [2.75, 3.05) is 13.7 Å². The van der Waals surface area contributed by atoms with Crippen molar-refractivity contribution in [1.82, 2.24) is 5.32 Å². The van der Waals surface area contributed by atoms with Gasteiger partial charge in [-0.3, -0.25) is 4.79 Å². The van der Waals surface area contributed by atoms with Gasteiger partial charge in [-0.2, -0.15) is 0 Å². The van der Waals surface area contributed by atoms with Crippen LogP contribution >= 0.6 is 0 Å². The van der Waals surface area contributed by atoms with Crippen molar-refractivity contribution in [2.45, 2.75) is 44.9 Å². The number of aliphatic hydroxyl groups is 2. The average molecular weight is 295 g/mol. The lowest BCUT2D eigenvalue weighted by molar-refractivity contribution is -0.141. The number of ether oxygens (including phenoxy) is 1. The van der Waals surface area contributed by atoms with Crippen LogP contribution in [0.5, 0.6) is 0 Å². The van der Waals surface area contributed by atoms with Crippen LogP contribution in [0.15, 0.2) is 24.3 Å². The highest BCUT2D eigenvalue weighted by atomic mass is 16.5. The molecule has 21 heavy (non-hydrogen) atoms. The molecule has 0 fully saturated rings. The Labute approximate surface area is 125 Å². The topological polar surface area (TPSA) is 78.8 Å². The van der Waals surface area contributed by atoms with Crippen LogP contribution in [0.1, 0.15) is 37.0 Å². The Kier molecular flexibility index (Phi) is 7.36. The monoisotopic (exact) mass is 295 g/mol. The summed E-state index contributed by atoms with van der Waals surface area (Å²) in [6, 6.07) is 7.29. The normalized spacial score (nSPS) is 15.3. The van der Waals surface area contributed by atoms with Crippen molar-refractivity contribution in [1.29, 1.82) is 0 Å². The zero-order valence-electron chi connectivity index (χ0n) is 12.9. The summed E-state index contributed by atoms with van der Waals surface area (Å²) in [5.41, 5.74) is 1.91. The van der Waals surface area contributed by atoms with Crippen molar-refractivity contribution >= 4 is 5.97 Å². The van der Waals surface area contributed by atoms with Gasteiger partial charge in [0.05, 0.1) is 19.3 Å². The van der Waals surface area contributed by atoms with Gasteiger partial charge in [-0.1, -0.05) is 29.8 Å². The molecule has 3 N–H and O–H groups in total. The Morgan fingerprint density at radius 1 is 1.29 bits per heavy atom. The van der Waals surface area contributed by atoms with E-state index >= 15 is 0 Å². The molecule has 5 nitrogen and oxygen atoms in total. The number of hydrogen-bond donors (Lipinski definition) is 3. The van der Waals surface area contributed by atoms with E-state index < -0.39 is 12.2 Å². The molecule has 0 heterocycles. The number of benzene rings is 1. The standard InChI is InChI=1S/C16H25NO4/c1-11-4-6-13(7-5-11)16(20)14(17-10-12(2)18)8-9-15(19)21-3/h4-7,12,14,16-18,20H,8-10H2,1-3H3.